The van der Waals surface area contributed by atoms with Crippen molar-refractivity contribution >= 4 is 6.09 Å². The Kier molecular flexibility index (Phi) is 5.87. The number of hydrogen-bond acceptors (Lipinski definition) is 5. The Morgan fingerprint density at radius 2 is 2.12 bits per heavy atom. The summed E-state index contributed by atoms with van der Waals surface area (Å²) in [6, 6.07) is 0.194. The number of piperidine rings is 1. The third kappa shape index (κ3) is 4.95. The predicted molar refractivity (Wildman–Crippen MR) is 91.8 cm³/mol. The van der Waals surface area contributed by atoms with E-state index in [0.717, 1.165) is 24.9 Å². The number of carbonyl (C=O) groups is 1. The van der Waals surface area contributed by atoms with E-state index in [-0.39, 0.29) is 17.7 Å². The number of nitrogens with zero attached hydrogens (tertiary/aromatic N) is 2. The quantitative estimate of drug-likeness (QED) is 0.862. The Balaban J connectivity index is 1.86. The van der Waals surface area contributed by atoms with Crippen LogP contribution in [0.2, 0.25) is 0 Å². The van der Waals surface area contributed by atoms with Crippen molar-refractivity contribution in [3.63, 3.8) is 0 Å². The van der Waals surface area contributed by atoms with Crippen molar-refractivity contribution in [2.24, 2.45) is 0 Å². The van der Waals surface area contributed by atoms with E-state index < -0.39 is 5.60 Å². The number of ether oxygens (including phenoxy) is 2. The normalized spacial score (nSPS) is 19.1. The van der Waals surface area contributed by atoms with Crippen LogP contribution in [-0.4, -0.2) is 59.1 Å². The smallest absolute Gasteiger partial charge is 0.410 e. The van der Waals surface area contributed by atoms with Gasteiger partial charge in [0.15, 0.2) is 0 Å². The van der Waals surface area contributed by atoms with Crippen LogP contribution in [0, 0.1) is 0 Å². The van der Waals surface area contributed by atoms with Gasteiger partial charge >= 0.3 is 6.09 Å². The van der Waals surface area contributed by atoms with Crippen molar-refractivity contribution < 1.29 is 14.3 Å². The summed E-state index contributed by atoms with van der Waals surface area (Å²) in [7, 11) is 1.74. The Morgan fingerprint density at radius 1 is 1.46 bits per heavy atom. The Labute approximate surface area is 144 Å². The molecule has 1 aliphatic heterocycles. The zero-order chi connectivity index (χ0) is 17.8. The van der Waals surface area contributed by atoms with E-state index in [0.29, 0.717) is 13.1 Å². The Bertz CT molecular complexity index is 516. The van der Waals surface area contributed by atoms with Gasteiger partial charge in [-0.25, -0.2) is 4.79 Å². The van der Waals surface area contributed by atoms with E-state index in [4.69, 9.17) is 9.47 Å². The minimum absolute atomic E-state index is 0.194. The number of amides is 1. The second-order valence-electron chi connectivity index (χ2n) is 7.49. The highest BCUT2D eigenvalue weighted by atomic mass is 16.6. The fourth-order valence-electron chi connectivity index (χ4n) is 2.83. The van der Waals surface area contributed by atoms with Crippen molar-refractivity contribution in [2.75, 3.05) is 26.7 Å². The number of aromatic amines is 1. The summed E-state index contributed by atoms with van der Waals surface area (Å²) < 4.78 is 11.3. The van der Waals surface area contributed by atoms with E-state index in [9.17, 15) is 4.79 Å². The zero-order valence-electron chi connectivity index (χ0n) is 15.4. The van der Waals surface area contributed by atoms with Crippen molar-refractivity contribution in [2.45, 2.75) is 57.8 Å². The maximum absolute atomic E-state index is 12.2. The van der Waals surface area contributed by atoms with Crippen LogP contribution in [0.1, 0.15) is 52.1 Å². The molecule has 0 spiro atoms. The molecule has 2 N–H and O–H groups in total. The third-order valence-electron chi connectivity index (χ3n) is 4.51. The number of rotatable bonds is 5. The minimum atomic E-state index is -0.464. The van der Waals surface area contributed by atoms with Gasteiger partial charge in [-0.3, -0.25) is 5.10 Å². The molecule has 136 valence electrons. The molecule has 0 aliphatic carbocycles. The number of methoxy groups -OCH3 is 1. The van der Waals surface area contributed by atoms with Gasteiger partial charge in [0.1, 0.15) is 5.60 Å². The number of carbonyl (C=O) groups excluding carboxylic acids is 1. The molecule has 2 heterocycles. The van der Waals surface area contributed by atoms with E-state index in [1.165, 1.54) is 0 Å². The second kappa shape index (κ2) is 7.53. The van der Waals surface area contributed by atoms with Crippen LogP contribution >= 0.6 is 0 Å². The van der Waals surface area contributed by atoms with E-state index in [2.05, 4.69) is 22.4 Å². The predicted octanol–water partition coefficient (Wildman–Crippen LogP) is 2.48. The molecule has 1 aromatic heterocycles. The fraction of sp³-hybridized carbons (Fsp3) is 0.765. The highest BCUT2D eigenvalue weighted by Crippen LogP contribution is 2.27. The molecule has 2 rings (SSSR count). The number of hydrogen-bond donors (Lipinski definition) is 2. The van der Waals surface area contributed by atoms with Crippen LogP contribution in [0.5, 0.6) is 0 Å². The Hall–Kier alpha value is -1.60. The fourth-order valence-corrected chi connectivity index (χ4v) is 2.83. The number of H-pyrrole nitrogens is 1. The van der Waals surface area contributed by atoms with Crippen LogP contribution in [0.15, 0.2) is 12.4 Å². The number of likely N-dealkylation sites (tertiary alicyclic amines) is 1. The molecular weight excluding hydrogens is 308 g/mol. The van der Waals surface area contributed by atoms with Gasteiger partial charge in [0.2, 0.25) is 0 Å². The van der Waals surface area contributed by atoms with Crippen LogP contribution in [0.4, 0.5) is 4.79 Å². The molecule has 1 saturated heterocycles. The average Bonchev–Trinajstić information content (AvgIpc) is 3.06. The van der Waals surface area contributed by atoms with Gasteiger partial charge in [-0.15, -0.1) is 0 Å². The SMILES string of the molecule is COC1(CNC(C)c2cn[nH]c2)CCN(C(=O)OC(C)(C)C)CC1. The monoisotopic (exact) mass is 338 g/mol. The average molecular weight is 338 g/mol. The van der Waals surface area contributed by atoms with E-state index >= 15 is 0 Å². The van der Waals surface area contributed by atoms with Gasteiger partial charge in [0.05, 0.1) is 11.8 Å². The molecule has 1 atom stereocenters. The van der Waals surface area contributed by atoms with Crippen molar-refractivity contribution in [3.05, 3.63) is 18.0 Å². The van der Waals surface area contributed by atoms with E-state index in [1.807, 2.05) is 33.2 Å². The van der Waals surface area contributed by atoms with Gasteiger partial charge < -0.3 is 19.7 Å². The first-order chi connectivity index (χ1) is 11.2. The molecule has 0 saturated carbocycles. The number of nitrogens with one attached hydrogen (secondary N) is 2. The summed E-state index contributed by atoms with van der Waals surface area (Å²) >= 11 is 0. The summed E-state index contributed by atoms with van der Waals surface area (Å²) in [5, 5.41) is 10.3. The molecule has 0 radical (unpaired) electrons. The molecule has 1 aromatic rings. The summed E-state index contributed by atoms with van der Waals surface area (Å²) in [5.74, 6) is 0. The molecular formula is C17H30N4O3. The lowest BCUT2D eigenvalue weighted by molar-refractivity contribution is -0.0597. The van der Waals surface area contributed by atoms with Crippen LogP contribution in [-0.2, 0) is 9.47 Å². The standard InChI is InChI=1S/C17H30N4O3/c1-13(14-10-19-20-11-14)18-12-17(23-5)6-8-21(9-7-17)15(22)24-16(2,3)4/h10-11,13,18H,6-9,12H2,1-5H3,(H,19,20). The lowest BCUT2D eigenvalue weighted by Crippen LogP contribution is -2.53. The van der Waals surface area contributed by atoms with Gasteiger partial charge in [-0.2, -0.15) is 5.10 Å². The van der Waals surface area contributed by atoms with Crippen molar-refractivity contribution in [3.8, 4) is 0 Å². The molecule has 1 amide bonds. The first-order valence-electron chi connectivity index (χ1n) is 8.50. The largest absolute Gasteiger partial charge is 0.444 e. The zero-order valence-corrected chi connectivity index (χ0v) is 15.4. The number of aromatic nitrogens is 2. The van der Waals surface area contributed by atoms with Gasteiger partial charge in [-0.1, -0.05) is 0 Å². The first kappa shape index (κ1) is 18.7. The van der Waals surface area contributed by atoms with Crippen LogP contribution < -0.4 is 5.32 Å². The van der Waals surface area contributed by atoms with Crippen molar-refractivity contribution in [1.82, 2.24) is 20.4 Å². The third-order valence-corrected chi connectivity index (χ3v) is 4.51. The summed E-state index contributed by atoms with van der Waals surface area (Å²) in [4.78, 5) is 13.9. The van der Waals surface area contributed by atoms with E-state index in [1.54, 1.807) is 12.0 Å². The summed E-state index contributed by atoms with van der Waals surface area (Å²) in [5.41, 5.74) is 0.401. The molecule has 1 fully saturated rings. The first-order valence-corrected chi connectivity index (χ1v) is 8.50. The molecule has 0 bridgehead atoms. The Morgan fingerprint density at radius 3 is 2.62 bits per heavy atom. The van der Waals surface area contributed by atoms with Crippen LogP contribution in [0.25, 0.3) is 0 Å². The molecule has 1 unspecified atom stereocenters. The molecule has 1 aliphatic rings. The molecule has 24 heavy (non-hydrogen) atoms. The van der Waals surface area contributed by atoms with Gasteiger partial charge in [0, 0.05) is 44.5 Å². The highest BCUT2D eigenvalue weighted by Gasteiger charge is 2.37. The van der Waals surface area contributed by atoms with Crippen molar-refractivity contribution in [1.29, 1.82) is 0 Å². The lowest BCUT2D eigenvalue weighted by atomic mass is 9.90. The second-order valence-corrected chi connectivity index (χ2v) is 7.49. The van der Waals surface area contributed by atoms with Gasteiger partial charge in [-0.05, 0) is 40.5 Å². The summed E-state index contributed by atoms with van der Waals surface area (Å²) in [6.45, 7) is 9.78. The maximum Gasteiger partial charge on any atom is 0.410 e. The molecule has 0 aromatic carbocycles. The minimum Gasteiger partial charge on any atom is -0.444 e. The van der Waals surface area contributed by atoms with Gasteiger partial charge in [0.25, 0.3) is 0 Å². The summed E-state index contributed by atoms with van der Waals surface area (Å²) in [6.07, 6.45) is 5.04. The van der Waals surface area contributed by atoms with Crippen LogP contribution in [0.3, 0.4) is 0 Å². The molecule has 7 heteroatoms. The maximum atomic E-state index is 12.2. The highest BCUT2D eigenvalue weighted by molar-refractivity contribution is 5.68. The molecule has 7 nitrogen and oxygen atoms in total. The lowest BCUT2D eigenvalue weighted by Gasteiger charge is -2.41. The topological polar surface area (TPSA) is 79.5 Å².